The molecule has 1 aliphatic rings. The zero-order chi connectivity index (χ0) is 76.7. The first kappa shape index (κ1) is 88.1. The highest BCUT2D eigenvalue weighted by Gasteiger charge is 2.41. The Hall–Kier alpha value is -8.10. The van der Waals surface area contributed by atoms with Gasteiger partial charge in [0.2, 0.25) is 82.5 Å². The van der Waals surface area contributed by atoms with Crippen LogP contribution >= 0.6 is 75.8 Å². The zero-order valence-electron chi connectivity index (χ0n) is 55.3. The Labute approximate surface area is 618 Å². The third-order valence-electron chi connectivity index (χ3n) is 15.4. The lowest BCUT2D eigenvalue weighted by Crippen LogP contribution is -2.61. The number of primary amides is 1. The second kappa shape index (κ2) is 44.4. The molecular weight excluding hydrogens is 1460 g/mol. The maximum Gasteiger partial charge on any atom is 0.323 e. The number of carboxylic acids is 1. The Kier molecular flexibility index (Phi) is 38.4. The summed E-state index contributed by atoms with van der Waals surface area (Å²) < 4.78 is 4.89. The zero-order valence-corrected chi connectivity index (χ0v) is 60.7. The number of thiol groups is 6. The number of esters is 1. The first-order valence-corrected chi connectivity index (χ1v) is 35.1. The second-order valence-electron chi connectivity index (χ2n) is 23.0. The Morgan fingerprint density at radius 1 is 0.539 bits per heavy atom. The van der Waals surface area contributed by atoms with Crippen LogP contribution in [0.3, 0.4) is 0 Å². The smallest absolute Gasteiger partial charge is 0.323 e. The molecule has 0 aliphatic carbocycles. The van der Waals surface area contributed by atoms with Crippen molar-refractivity contribution >= 4 is 170 Å². The van der Waals surface area contributed by atoms with Gasteiger partial charge in [-0.15, -0.1) is 0 Å². The Morgan fingerprint density at radius 2 is 0.971 bits per heavy atom. The van der Waals surface area contributed by atoms with Gasteiger partial charge < -0.3 is 89.0 Å². The molecule has 0 aromatic heterocycles. The molecule has 1 aliphatic heterocycles. The molecule has 1 fully saturated rings. The normalized spacial score (nSPS) is 16.4. The van der Waals surface area contributed by atoms with Gasteiger partial charge in [0.1, 0.15) is 84.0 Å². The largest absolute Gasteiger partial charge is 0.508 e. The van der Waals surface area contributed by atoms with Crippen LogP contribution in [0.15, 0.2) is 48.5 Å². The van der Waals surface area contributed by atoms with E-state index >= 15 is 0 Å². The van der Waals surface area contributed by atoms with Gasteiger partial charge in [-0.05, 0) is 74.9 Å². The summed E-state index contributed by atoms with van der Waals surface area (Å²) in [5, 5.41) is 65.9. The number of ketones is 2. The van der Waals surface area contributed by atoms with E-state index in [1.165, 1.54) is 62.4 Å². The van der Waals surface area contributed by atoms with Gasteiger partial charge in [-0.1, -0.05) is 24.3 Å². The maximum absolute atomic E-state index is 14.4. The minimum atomic E-state index is -1.81. The lowest BCUT2D eigenvalue weighted by molar-refractivity contribution is -0.144. The van der Waals surface area contributed by atoms with Crippen LogP contribution in [0, 0.1) is 0 Å². The average Bonchev–Trinajstić information content (AvgIpc) is 1.52. The number of nitrogens with zero attached hydrogens (tertiary/aromatic N) is 1. The number of rotatable bonds is 44. The number of hydrogen-bond acceptors (Lipinski definition) is 29. The van der Waals surface area contributed by atoms with E-state index in [-0.39, 0.29) is 54.6 Å². The molecule has 12 amide bonds. The summed E-state index contributed by atoms with van der Waals surface area (Å²) in [6, 6.07) is -8.84. The van der Waals surface area contributed by atoms with Crippen LogP contribution in [0.2, 0.25) is 0 Å². The van der Waals surface area contributed by atoms with Crippen molar-refractivity contribution in [1.29, 1.82) is 0 Å². The van der Waals surface area contributed by atoms with E-state index in [2.05, 4.69) is 140 Å². The lowest BCUT2D eigenvalue weighted by Gasteiger charge is -2.29. The number of ether oxygens (including phenoxy) is 1. The van der Waals surface area contributed by atoms with Crippen molar-refractivity contribution in [3.8, 4) is 11.5 Å². The minimum absolute atomic E-state index is 0.00851. The molecule has 1 heterocycles. The number of nitrogens with one attached hydrogen (secondary N) is 12. The molecule has 3 rings (SSSR count). The van der Waals surface area contributed by atoms with Gasteiger partial charge in [-0.25, -0.2) is 5.43 Å². The molecule has 1 saturated heterocycles. The quantitative estimate of drug-likeness (QED) is 0.00963. The molecule has 36 nitrogen and oxygen atoms in total. The number of aliphatic carboxylic acids is 1. The number of carbonyl (C=O) groups excluding carboxylic acids is 15. The number of nitrogens with two attached hydrogens (primary N) is 2. The predicted molar refractivity (Wildman–Crippen MR) is 384 cm³/mol. The minimum Gasteiger partial charge on any atom is -0.508 e. The van der Waals surface area contributed by atoms with E-state index in [1.54, 1.807) is 0 Å². The van der Waals surface area contributed by atoms with Gasteiger partial charge in [-0.2, -0.15) is 75.8 Å². The third kappa shape index (κ3) is 28.3. The van der Waals surface area contributed by atoms with Gasteiger partial charge >= 0.3 is 11.9 Å². The monoisotopic (exact) mass is 1550 g/mol. The Bertz CT molecular complexity index is 3310. The summed E-state index contributed by atoms with van der Waals surface area (Å²) in [5.41, 5.74) is 8.49. The Balaban J connectivity index is 1.77. The van der Waals surface area contributed by atoms with Crippen molar-refractivity contribution in [2.45, 2.75) is 143 Å². The molecule has 0 saturated carbocycles. The number of hydrazine groups is 1. The van der Waals surface area contributed by atoms with Gasteiger partial charge in [-0.3, -0.25) is 87.9 Å². The van der Waals surface area contributed by atoms with Crippen LogP contribution < -0.4 is 75.5 Å². The van der Waals surface area contributed by atoms with E-state index in [4.69, 9.17) is 16.3 Å². The first-order chi connectivity index (χ1) is 48.2. The average molecular weight is 1550 g/mol. The van der Waals surface area contributed by atoms with E-state index in [9.17, 15) is 97.1 Å². The summed E-state index contributed by atoms with van der Waals surface area (Å²) in [6.45, 7) is 1.74. The van der Waals surface area contributed by atoms with Crippen molar-refractivity contribution in [2.75, 3.05) is 54.7 Å². The molecule has 20 N–H and O–H groups in total. The summed E-state index contributed by atoms with van der Waals surface area (Å²) in [4.78, 5) is 215. The SMILES string of the molecule is COC(=O)C(Cc1ccc(O)cc1)N[C@@H](CS)C(=O)C(=O)[C@H](CS)NC(=O)C(CCC(=O)O)NC(=O)[C@H](Cc1ccc(O)cc1)NC(=O)C(CS)NC(=O)[C@H](CS)NC(=O)C(CC(N)=O)NC(=O)[C@@H]1CCCN1C(=O)C(C)NC(=O)[C@H](CS)NC(=O)[C@@H](NC(=O)CNC(=O)[C@H](CS)NN)[C@@H](C)O. The molecular formula is C60H87N15O21S6. The molecule has 0 bridgehead atoms. The predicted octanol–water partition coefficient (Wildman–Crippen LogP) is -7.46. The molecule has 102 heavy (non-hydrogen) atoms. The number of phenols is 2. The molecule has 564 valence electrons. The summed E-state index contributed by atoms with van der Waals surface area (Å²) >= 11 is 24.8. The topological polar surface area (TPSA) is 563 Å². The summed E-state index contributed by atoms with van der Waals surface area (Å²) in [7, 11) is 1.09. The fourth-order valence-corrected chi connectivity index (χ4v) is 11.3. The number of carbonyl (C=O) groups is 16. The molecule has 0 spiro atoms. The van der Waals surface area contributed by atoms with Crippen molar-refractivity contribution in [3.63, 3.8) is 0 Å². The summed E-state index contributed by atoms with van der Waals surface area (Å²) in [5.74, 6) is -14.2. The number of carboxylic acid groups (broad SMARTS) is 1. The number of methoxy groups -OCH3 is 1. The fourth-order valence-electron chi connectivity index (χ4n) is 9.77. The van der Waals surface area contributed by atoms with Crippen LogP contribution in [-0.4, -0.2) is 259 Å². The highest BCUT2D eigenvalue weighted by molar-refractivity contribution is 7.81. The van der Waals surface area contributed by atoms with Crippen LogP contribution in [0.25, 0.3) is 0 Å². The number of hydrogen-bond donors (Lipinski definition) is 24. The van der Waals surface area contributed by atoms with Crippen molar-refractivity contribution in [1.82, 2.24) is 68.8 Å². The van der Waals surface area contributed by atoms with E-state index in [0.717, 1.165) is 12.0 Å². The molecule has 14 atom stereocenters. The fraction of sp³-hybridized carbons (Fsp3) is 0.533. The third-order valence-corrected chi connectivity index (χ3v) is 17.6. The number of aliphatic hydroxyl groups excluding tert-OH is 1. The first-order valence-electron chi connectivity index (χ1n) is 31.3. The van der Waals surface area contributed by atoms with E-state index in [1.807, 2.05) is 0 Å². The molecule has 42 heteroatoms. The van der Waals surface area contributed by atoms with Crippen LogP contribution in [-0.2, 0) is 94.3 Å². The number of aromatic hydroxyl groups is 2. The van der Waals surface area contributed by atoms with Crippen molar-refractivity contribution in [3.05, 3.63) is 59.7 Å². The molecule has 2 aromatic rings. The lowest BCUT2D eigenvalue weighted by atomic mass is 10.0. The van der Waals surface area contributed by atoms with Crippen LogP contribution in [0.4, 0.5) is 0 Å². The number of likely N-dealkylation sites (tertiary alicyclic amines) is 1. The van der Waals surface area contributed by atoms with Gasteiger partial charge in [0.05, 0.1) is 32.2 Å². The maximum atomic E-state index is 14.4. The van der Waals surface area contributed by atoms with Crippen LogP contribution in [0.5, 0.6) is 11.5 Å². The molecule has 0 radical (unpaired) electrons. The van der Waals surface area contributed by atoms with Gasteiger partial charge in [0.15, 0.2) is 0 Å². The molecule has 5 unspecified atom stereocenters. The van der Waals surface area contributed by atoms with Crippen molar-refractivity contribution < 1.29 is 102 Å². The van der Waals surface area contributed by atoms with E-state index < -0.39 is 229 Å². The van der Waals surface area contributed by atoms with Gasteiger partial charge in [0, 0.05) is 53.9 Å². The Morgan fingerprint density at radius 3 is 1.44 bits per heavy atom. The second-order valence-corrected chi connectivity index (χ2v) is 25.2. The van der Waals surface area contributed by atoms with Crippen LogP contribution in [0.1, 0.15) is 57.1 Å². The standard InChI is InChI=1S/C60H87N15O21S6/c1-27(64-54(89)39(23-99)72-58(93)47(28(2)76)73-45(80)20-63-50(85)42(26-102)74-62)59(94)75-16-4-5-43(75)57(92)68-35(19-44(61)79)53(88)70-41(25-101)56(91)71-40(24-100)55(90)67-34(17-29-6-10-31(77)11-7-29)52(87)66-33(14-15-46(81)82)51(86)69-38(22-98)49(84)48(83)37(21-97)65-36(60(95)96-3)18-30-8-12-32(78)13-9-30/h6-13,27-28,33-43,47,65,74,76-78,97-102H,4-5,14-26,62H2,1-3H3,(H2,61,79)(H,63,85)(H,64,89)(H,66,87)(H,67,90)(H,68,92)(H,69,86)(H,70,88)(H,71,91)(H,72,93)(H,73,80)(H,81,82)/t27?,28-,33?,34+,35?,36?,37+,38+,39+,40?,41+,42+,43+,47+/m1/s1. The highest BCUT2D eigenvalue weighted by atomic mass is 32.1. The number of aliphatic hydroxyl groups is 1. The number of benzene rings is 2. The number of amides is 12. The van der Waals surface area contributed by atoms with Crippen molar-refractivity contribution in [2.24, 2.45) is 11.6 Å². The highest BCUT2D eigenvalue weighted by Crippen LogP contribution is 2.20. The summed E-state index contributed by atoms with van der Waals surface area (Å²) in [6.07, 6.45) is -4.01. The number of phenolic OH excluding ortho intramolecular Hbond substituents is 2. The van der Waals surface area contributed by atoms with E-state index in [0.29, 0.717) is 11.1 Å². The number of Topliss-reactive ketones (excluding diaryl/α,β-unsaturated/α-hetero) is 2. The van der Waals surface area contributed by atoms with Gasteiger partial charge in [0.25, 0.3) is 0 Å². The molecule has 2 aromatic carbocycles.